The second kappa shape index (κ2) is 10.3. The number of sulfonamides is 1. The molecule has 1 heterocycles. The number of anilines is 1. The van der Waals surface area contributed by atoms with Crippen LogP contribution in [0.3, 0.4) is 0 Å². The van der Waals surface area contributed by atoms with Crippen molar-refractivity contribution >= 4 is 21.6 Å². The number of likely N-dealkylation sites (tertiary alicyclic amines) is 1. The normalized spacial score (nSPS) is 17.7. The number of amides is 1. The van der Waals surface area contributed by atoms with Gasteiger partial charge in [0.2, 0.25) is 15.9 Å². The Morgan fingerprint density at radius 3 is 2.55 bits per heavy atom. The van der Waals surface area contributed by atoms with E-state index >= 15 is 0 Å². The van der Waals surface area contributed by atoms with E-state index in [1.807, 2.05) is 12.1 Å². The van der Waals surface area contributed by atoms with Gasteiger partial charge in [0, 0.05) is 11.7 Å². The second-order valence-corrected chi connectivity index (χ2v) is 9.70. The molecule has 0 radical (unpaired) electrons. The average Bonchev–Trinajstić information content (AvgIpc) is 3.00. The number of hydrogen-bond acceptors (Lipinski definition) is 5. The molecule has 2 N–H and O–H groups in total. The minimum Gasteiger partial charge on any atom is -0.497 e. The van der Waals surface area contributed by atoms with Gasteiger partial charge in [-0.05, 0) is 68.8 Å². The first kappa shape index (κ1) is 23.2. The number of aryl methyl sites for hydroxylation is 1. The number of nitrogens with zero attached hydrogens (tertiary/aromatic N) is 1. The van der Waals surface area contributed by atoms with Gasteiger partial charge in [-0.3, -0.25) is 9.69 Å². The van der Waals surface area contributed by atoms with Gasteiger partial charge in [-0.15, -0.1) is 0 Å². The monoisotopic (exact) mass is 445 g/mol. The van der Waals surface area contributed by atoms with Crippen molar-refractivity contribution in [1.82, 2.24) is 9.62 Å². The molecule has 2 aromatic carbocycles. The molecular weight excluding hydrogens is 414 g/mol. The number of ether oxygens (including phenoxy) is 1. The molecule has 168 valence electrons. The van der Waals surface area contributed by atoms with Crippen LogP contribution in [0.25, 0.3) is 0 Å². The van der Waals surface area contributed by atoms with Gasteiger partial charge in [0.15, 0.2) is 0 Å². The van der Waals surface area contributed by atoms with Crippen molar-refractivity contribution in [3.8, 4) is 5.75 Å². The van der Waals surface area contributed by atoms with Crippen LogP contribution in [0.1, 0.15) is 42.9 Å². The van der Waals surface area contributed by atoms with Crippen molar-refractivity contribution in [2.45, 2.75) is 43.5 Å². The lowest BCUT2D eigenvalue weighted by Crippen LogP contribution is -2.36. The van der Waals surface area contributed by atoms with Crippen molar-refractivity contribution in [3.63, 3.8) is 0 Å². The smallest absolute Gasteiger partial charge is 0.240 e. The minimum atomic E-state index is -3.59. The average molecular weight is 446 g/mol. The molecule has 1 unspecified atom stereocenters. The largest absolute Gasteiger partial charge is 0.497 e. The van der Waals surface area contributed by atoms with Crippen molar-refractivity contribution in [1.29, 1.82) is 0 Å². The summed E-state index contributed by atoms with van der Waals surface area (Å²) in [5.41, 5.74) is 2.27. The number of rotatable bonds is 7. The molecule has 0 bridgehead atoms. The predicted octanol–water partition coefficient (Wildman–Crippen LogP) is 3.47. The molecule has 0 saturated carbocycles. The van der Waals surface area contributed by atoms with Gasteiger partial charge in [-0.25, -0.2) is 13.1 Å². The zero-order chi connectivity index (χ0) is 22.4. The number of methoxy groups -OCH3 is 1. The van der Waals surface area contributed by atoms with Crippen molar-refractivity contribution in [2.24, 2.45) is 0 Å². The van der Waals surface area contributed by atoms with Crippen LogP contribution >= 0.6 is 0 Å². The van der Waals surface area contributed by atoms with Gasteiger partial charge in [0.05, 0.1) is 18.6 Å². The predicted molar refractivity (Wildman–Crippen MR) is 122 cm³/mol. The zero-order valence-corrected chi connectivity index (χ0v) is 19.2. The Kier molecular flexibility index (Phi) is 7.69. The highest BCUT2D eigenvalue weighted by molar-refractivity contribution is 7.89. The fourth-order valence-electron chi connectivity index (χ4n) is 4.02. The van der Waals surface area contributed by atoms with Gasteiger partial charge in [-0.1, -0.05) is 31.0 Å². The van der Waals surface area contributed by atoms with E-state index in [0.29, 0.717) is 11.3 Å². The van der Waals surface area contributed by atoms with E-state index < -0.39 is 10.0 Å². The molecule has 1 atom stereocenters. The maximum Gasteiger partial charge on any atom is 0.240 e. The van der Waals surface area contributed by atoms with Gasteiger partial charge >= 0.3 is 0 Å². The standard InChI is InChI=1S/C23H31N3O4S/c1-17-8-11-19(15-22(17)31(28,29)24-2)25-23(27)16-26-14-6-4-5-7-21(26)18-9-12-20(30-3)13-10-18/h8-13,15,21,24H,4-7,14,16H2,1-3H3,(H,25,27). The third-order valence-corrected chi connectivity index (χ3v) is 7.30. The van der Waals surface area contributed by atoms with E-state index in [9.17, 15) is 13.2 Å². The molecule has 1 aliphatic heterocycles. The summed E-state index contributed by atoms with van der Waals surface area (Å²) < 4.78 is 32.0. The van der Waals surface area contributed by atoms with E-state index in [1.165, 1.54) is 18.7 Å². The Bertz CT molecular complexity index is 1010. The SMILES string of the molecule is CNS(=O)(=O)c1cc(NC(=O)CN2CCCCCC2c2ccc(OC)cc2)ccc1C. The molecule has 1 amide bonds. The number of benzene rings is 2. The van der Waals surface area contributed by atoms with Crippen LogP contribution in [-0.4, -0.2) is 46.5 Å². The first-order valence-corrected chi connectivity index (χ1v) is 12.0. The minimum absolute atomic E-state index is 0.155. The number of hydrogen-bond donors (Lipinski definition) is 2. The topological polar surface area (TPSA) is 87.7 Å². The molecule has 2 aromatic rings. The summed E-state index contributed by atoms with van der Waals surface area (Å²) in [5.74, 6) is 0.658. The molecule has 1 saturated heterocycles. The molecule has 8 heteroatoms. The maximum atomic E-state index is 12.8. The van der Waals surface area contributed by atoms with Crippen LogP contribution in [-0.2, 0) is 14.8 Å². The molecule has 1 aliphatic rings. The van der Waals surface area contributed by atoms with E-state index in [0.717, 1.165) is 38.0 Å². The first-order valence-electron chi connectivity index (χ1n) is 10.6. The molecule has 0 aliphatic carbocycles. The van der Waals surface area contributed by atoms with Crippen LogP contribution < -0.4 is 14.8 Å². The summed E-state index contributed by atoms with van der Waals surface area (Å²) in [4.78, 5) is 15.2. The Labute approximate surface area is 184 Å². The Morgan fingerprint density at radius 2 is 1.87 bits per heavy atom. The molecular formula is C23H31N3O4S. The van der Waals surface area contributed by atoms with E-state index in [1.54, 1.807) is 26.2 Å². The fourth-order valence-corrected chi connectivity index (χ4v) is 5.02. The number of carbonyl (C=O) groups is 1. The van der Waals surface area contributed by atoms with Crippen LogP contribution in [0.5, 0.6) is 5.75 Å². The number of carbonyl (C=O) groups excluding carboxylic acids is 1. The van der Waals surface area contributed by atoms with Gasteiger partial charge in [-0.2, -0.15) is 0 Å². The lowest BCUT2D eigenvalue weighted by Gasteiger charge is -2.30. The van der Waals surface area contributed by atoms with Gasteiger partial charge in [0.1, 0.15) is 5.75 Å². The van der Waals surface area contributed by atoms with Gasteiger partial charge in [0.25, 0.3) is 0 Å². The van der Waals surface area contributed by atoms with E-state index in [4.69, 9.17) is 4.74 Å². The third-order valence-electron chi connectivity index (χ3n) is 5.74. The number of nitrogens with one attached hydrogen (secondary N) is 2. The van der Waals surface area contributed by atoms with E-state index in [2.05, 4.69) is 27.1 Å². The molecule has 3 rings (SSSR count). The highest BCUT2D eigenvalue weighted by Crippen LogP contribution is 2.31. The van der Waals surface area contributed by atoms with Crippen LogP contribution in [0, 0.1) is 6.92 Å². The van der Waals surface area contributed by atoms with E-state index in [-0.39, 0.29) is 23.4 Å². The summed E-state index contributed by atoms with van der Waals surface area (Å²) >= 11 is 0. The van der Waals surface area contributed by atoms with Crippen LogP contribution in [0.2, 0.25) is 0 Å². The quantitative estimate of drug-likeness (QED) is 0.681. The Hall–Kier alpha value is -2.42. The molecule has 7 nitrogen and oxygen atoms in total. The summed E-state index contributed by atoms with van der Waals surface area (Å²) in [6.07, 6.45) is 4.32. The first-order chi connectivity index (χ1) is 14.8. The highest BCUT2D eigenvalue weighted by Gasteiger charge is 2.25. The zero-order valence-electron chi connectivity index (χ0n) is 18.3. The summed E-state index contributed by atoms with van der Waals surface area (Å²) in [5, 5.41) is 2.87. The Balaban J connectivity index is 1.75. The van der Waals surface area contributed by atoms with Crippen molar-refractivity contribution in [3.05, 3.63) is 53.6 Å². The molecule has 31 heavy (non-hydrogen) atoms. The summed E-state index contributed by atoms with van der Waals surface area (Å²) in [6.45, 7) is 2.82. The highest BCUT2D eigenvalue weighted by atomic mass is 32.2. The lowest BCUT2D eigenvalue weighted by molar-refractivity contribution is -0.117. The van der Waals surface area contributed by atoms with Crippen molar-refractivity contribution < 1.29 is 17.9 Å². The molecule has 0 spiro atoms. The molecule has 0 aromatic heterocycles. The lowest BCUT2D eigenvalue weighted by atomic mass is 10.0. The van der Waals surface area contributed by atoms with Crippen LogP contribution in [0.15, 0.2) is 47.4 Å². The summed E-state index contributed by atoms with van der Waals surface area (Å²) in [7, 11) is -0.570. The second-order valence-electron chi connectivity index (χ2n) is 7.84. The third kappa shape index (κ3) is 5.84. The van der Waals surface area contributed by atoms with Gasteiger partial charge < -0.3 is 10.1 Å². The molecule has 1 fully saturated rings. The Morgan fingerprint density at radius 1 is 1.13 bits per heavy atom. The maximum absolute atomic E-state index is 12.8. The van der Waals surface area contributed by atoms with Crippen LogP contribution in [0.4, 0.5) is 5.69 Å². The summed E-state index contributed by atoms with van der Waals surface area (Å²) in [6, 6.07) is 13.1. The van der Waals surface area contributed by atoms with Crippen molar-refractivity contribution in [2.75, 3.05) is 32.6 Å². The fraction of sp³-hybridized carbons (Fsp3) is 0.435.